The molecule has 0 amide bonds. The van der Waals surface area contributed by atoms with Gasteiger partial charge in [-0.05, 0) is 19.1 Å². The molecule has 0 saturated heterocycles. The van der Waals surface area contributed by atoms with Crippen LogP contribution in [0.3, 0.4) is 0 Å². The highest BCUT2D eigenvalue weighted by molar-refractivity contribution is 5.65. The van der Waals surface area contributed by atoms with Crippen molar-refractivity contribution in [2.24, 2.45) is 0 Å². The predicted octanol–water partition coefficient (Wildman–Crippen LogP) is 0.824. The van der Waals surface area contributed by atoms with Crippen LogP contribution in [0.15, 0.2) is 24.4 Å². The quantitative estimate of drug-likeness (QED) is 0.715. The second kappa shape index (κ2) is 3.37. The van der Waals surface area contributed by atoms with Gasteiger partial charge in [-0.25, -0.2) is 4.98 Å². The molecule has 2 rings (SSSR count). The molecule has 0 saturated carbocycles. The Balaban J connectivity index is 2.53. The summed E-state index contributed by atoms with van der Waals surface area (Å²) in [5.74, 6) is 0.915. The van der Waals surface area contributed by atoms with Gasteiger partial charge in [-0.3, -0.25) is 4.98 Å². The molecule has 5 heteroatoms. The highest BCUT2D eigenvalue weighted by Crippen LogP contribution is 2.17. The molecule has 14 heavy (non-hydrogen) atoms. The van der Waals surface area contributed by atoms with Gasteiger partial charge in [0.2, 0.25) is 0 Å². The smallest absolute Gasteiger partial charge is 0.155 e. The van der Waals surface area contributed by atoms with E-state index in [-0.39, 0.29) is 0 Å². The minimum absolute atomic E-state index is 0.358. The van der Waals surface area contributed by atoms with E-state index < -0.39 is 0 Å². The molecule has 0 aliphatic rings. The number of anilines is 1. The number of rotatable bonds is 1. The predicted molar refractivity (Wildman–Crippen MR) is 52.2 cm³/mol. The van der Waals surface area contributed by atoms with Crippen LogP contribution in [0.4, 0.5) is 5.82 Å². The van der Waals surface area contributed by atoms with Crippen LogP contribution < -0.4 is 5.73 Å². The molecule has 0 aliphatic carbocycles. The van der Waals surface area contributed by atoms with Gasteiger partial charge in [0.05, 0.1) is 5.69 Å². The van der Waals surface area contributed by atoms with Gasteiger partial charge in [-0.2, -0.15) is 0 Å². The third-order valence-electron chi connectivity index (χ3n) is 1.73. The number of aromatic nitrogens is 4. The lowest BCUT2D eigenvalue weighted by molar-refractivity contribution is 0.916. The fourth-order valence-electron chi connectivity index (χ4n) is 1.11. The molecule has 5 nitrogen and oxygen atoms in total. The molecule has 0 atom stereocenters. The summed E-state index contributed by atoms with van der Waals surface area (Å²) < 4.78 is 0. The van der Waals surface area contributed by atoms with E-state index in [0.717, 1.165) is 0 Å². The molecule has 2 aromatic heterocycles. The zero-order chi connectivity index (χ0) is 9.97. The molecular weight excluding hydrogens is 178 g/mol. The standard InChI is InChI=1S/C9H9N5/c1-6-12-9(10)8(14-13-6)7-4-2-3-5-11-7/h2-5H,1H3,(H2,10,12,13). The lowest BCUT2D eigenvalue weighted by atomic mass is 10.3. The van der Waals surface area contributed by atoms with Crippen LogP contribution in [-0.2, 0) is 0 Å². The van der Waals surface area contributed by atoms with Crippen molar-refractivity contribution in [3.05, 3.63) is 30.2 Å². The van der Waals surface area contributed by atoms with E-state index in [1.54, 1.807) is 13.1 Å². The van der Waals surface area contributed by atoms with Crippen molar-refractivity contribution in [2.75, 3.05) is 5.73 Å². The lowest BCUT2D eigenvalue weighted by Crippen LogP contribution is -2.02. The highest BCUT2D eigenvalue weighted by atomic mass is 15.2. The Morgan fingerprint density at radius 3 is 2.71 bits per heavy atom. The minimum Gasteiger partial charge on any atom is -0.382 e. The van der Waals surface area contributed by atoms with Crippen molar-refractivity contribution in [3.63, 3.8) is 0 Å². The van der Waals surface area contributed by atoms with E-state index in [1.165, 1.54) is 0 Å². The molecule has 70 valence electrons. The number of pyridine rings is 1. The fourth-order valence-corrected chi connectivity index (χ4v) is 1.11. The van der Waals surface area contributed by atoms with E-state index in [4.69, 9.17) is 5.73 Å². The molecule has 0 aromatic carbocycles. The van der Waals surface area contributed by atoms with Gasteiger partial charge in [0.1, 0.15) is 5.82 Å². The minimum atomic E-state index is 0.358. The SMILES string of the molecule is Cc1nnc(-c2ccccn2)c(N)n1. The molecule has 0 spiro atoms. The number of nitrogens with two attached hydrogens (primary N) is 1. The van der Waals surface area contributed by atoms with Gasteiger partial charge in [0.25, 0.3) is 0 Å². The molecule has 2 aromatic rings. The van der Waals surface area contributed by atoms with Crippen LogP contribution in [0.5, 0.6) is 0 Å². The molecule has 0 fully saturated rings. The summed E-state index contributed by atoms with van der Waals surface area (Å²) in [7, 11) is 0. The maximum atomic E-state index is 5.70. The first-order valence-corrected chi connectivity index (χ1v) is 4.15. The second-order valence-corrected chi connectivity index (χ2v) is 2.81. The first kappa shape index (κ1) is 8.55. The second-order valence-electron chi connectivity index (χ2n) is 2.81. The van der Waals surface area contributed by atoms with E-state index in [1.807, 2.05) is 18.2 Å². The normalized spacial score (nSPS) is 10.1. The summed E-state index contributed by atoms with van der Waals surface area (Å²) in [6.07, 6.45) is 1.68. The molecule has 0 aliphatic heterocycles. The molecule has 2 heterocycles. The van der Waals surface area contributed by atoms with Crippen molar-refractivity contribution in [1.29, 1.82) is 0 Å². The maximum absolute atomic E-state index is 5.70. The summed E-state index contributed by atoms with van der Waals surface area (Å²) in [6.45, 7) is 1.74. The van der Waals surface area contributed by atoms with Crippen LogP contribution >= 0.6 is 0 Å². The van der Waals surface area contributed by atoms with E-state index >= 15 is 0 Å². The maximum Gasteiger partial charge on any atom is 0.155 e. The van der Waals surface area contributed by atoms with Crippen molar-refractivity contribution in [3.8, 4) is 11.4 Å². The zero-order valence-corrected chi connectivity index (χ0v) is 7.68. The number of nitrogen functional groups attached to an aromatic ring is 1. The average Bonchev–Trinajstić information content (AvgIpc) is 2.19. The highest BCUT2D eigenvalue weighted by Gasteiger charge is 2.06. The number of nitrogens with zero attached hydrogens (tertiary/aromatic N) is 4. The van der Waals surface area contributed by atoms with Crippen molar-refractivity contribution in [2.45, 2.75) is 6.92 Å². The van der Waals surface area contributed by atoms with Crippen molar-refractivity contribution in [1.82, 2.24) is 20.2 Å². The van der Waals surface area contributed by atoms with Gasteiger partial charge in [0, 0.05) is 6.20 Å². The summed E-state index contributed by atoms with van der Waals surface area (Å²) >= 11 is 0. The largest absolute Gasteiger partial charge is 0.382 e. The fraction of sp³-hybridized carbons (Fsp3) is 0.111. The third kappa shape index (κ3) is 1.52. The summed E-state index contributed by atoms with van der Waals surface area (Å²) in [5.41, 5.74) is 6.91. The number of hydrogen-bond acceptors (Lipinski definition) is 5. The van der Waals surface area contributed by atoms with E-state index in [9.17, 15) is 0 Å². The molecule has 2 N–H and O–H groups in total. The van der Waals surface area contributed by atoms with Gasteiger partial charge in [-0.1, -0.05) is 6.07 Å². The zero-order valence-electron chi connectivity index (χ0n) is 7.68. The van der Waals surface area contributed by atoms with Gasteiger partial charge in [0.15, 0.2) is 11.5 Å². The molecule has 0 radical (unpaired) electrons. The topological polar surface area (TPSA) is 77.6 Å². The van der Waals surface area contributed by atoms with Gasteiger partial charge >= 0.3 is 0 Å². The Morgan fingerprint density at radius 1 is 1.21 bits per heavy atom. The molecular formula is C9H9N5. The number of hydrogen-bond donors (Lipinski definition) is 1. The Kier molecular flexibility index (Phi) is 2.06. The molecule has 0 unspecified atom stereocenters. The average molecular weight is 187 g/mol. The van der Waals surface area contributed by atoms with Gasteiger partial charge < -0.3 is 5.73 Å². The van der Waals surface area contributed by atoms with Crippen LogP contribution in [0.25, 0.3) is 11.4 Å². The third-order valence-corrected chi connectivity index (χ3v) is 1.73. The Hall–Kier alpha value is -2.04. The van der Waals surface area contributed by atoms with Crippen LogP contribution in [-0.4, -0.2) is 20.2 Å². The van der Waals surface area contributed by atoms with Gasteiger partial charge in [-0.15, -0.1) is 10.2 Å². The Labute approximate surface area is 81.0 Å². The summed E-state index contributed by atoms with van der Waals surface area (Å²) in [6, 6.07) is 5.51. The number of aryl methyl sites for hydroxylation is 1. The van der Waals surface area contributed by atoms with E-state index in [0.29, 0.717) is 23.0 Å². The monoisotopic (exact) mass is 187 g/mol. The first-order chi connectivity index (χ1) is 6.77. The van der Waals surface area contributed by atoms with Crippen LogP contribution in [0.1, 0.15) is 5.82 Å². The van der Waals surface area contributed by atoms with Crippen molar-refractivity contribution >= 4 is 5.82 Å². The van der Waals surface area contributed by atoms with Crippen LogP contribution in [0.2, 0.25) is 0 Å². The van der Waals surface area contributed by atoms with Crippen molar-refractivity contribution < 1.29 is 0 Å². The first-order valence-electron chi connectivity index (χ1n) is 4.15. The molecule has 0 bridgehead atoms. The lowest BCUT2D eigenvalue weighted by Gasteiger charge is -2.01. The summed E-state index contributed by atoms with van der Waals surface area (Å²) in [5, 5.41) is 7.78. The van der Waals surface area contributed by atoms with E-state index in [2.05, 4.69) is 20.2 Å². The summed E-state index contributed by atoms with van der Waals surface area (Å²) in [4.78, 5) is 8.13. The Morgan fingerprint density at radius 2 is 2.07 bits per heavy atom. The Bertz CT molecular complexity index is 440. The van der Waals surface area contributed by atoms with Crippen LogP contribution in [0, 0.1) is 6.92 Å².